The van der Waals surface area contributed by atoms with Gasteiger partial charge in [0, 0.05) is 5.56 Å². The van der Waals surface area contributed by atoms with Crippen molar-refractivity contribution in [2.45, 2.75) is 12.0 Å². The van der Waals surface area contributed by atoms with E-state index in [2.05, 4.69) is 5.32 Å². The molecule has 0 spiro atoms. The van der Waals surface area contributed by atoms with Gasteiger partial charge in [-0.3, -0.25) is 4.79 Å². The molecule has 0 saturated carbocycles. The van der Waals surface area contributed by atoms with Crippen molar-refractivity contribution in [2.24, 2.45) is 0 Å². The second-order valence-corrected chi connectivity index (χ2v) is 6.84. The molecule has 0 radical (unpaired) electrons. The van der Waals surface area contributed by atoms with Crippen LogP contribution in [0.25, 0.3) is 0 Å². The van der Waals surface area contributed by atoms with Crippen LogP contribution in [0.3, 0.4) is 0 Å². The van der Waals surface area contributed by atoms with Gasteiger partial charge in [-0.2, -0.15) is 0 Å². The number of fused-ring (bicyclic) bond motifs is 1. The first-order chi connectivity index (χ1) is 14.7. The zero-order valence-corrected chi connectivity index (χ0v) is 16.4. The van der Waals surface area contributed by atoms with Gasteiger partial charge in [-0.05, 0) is 23.3 Å². The minimum Gasteiger partial charge on any atom is -0.454 e. The molecule has 3 aromatic carbocycles. The van der Waals surface area contributed by atoms with Gasteiger partial charge in [0.1, 0.15) is 0 Å². The fraction of sp³-hybridized carbons (Fsp3) is 0.167. The van der Waals surface area contributed by atoms with E-state index < -0.39 is 18.1 Å². The molecule has 1 amide bonds. The predicted octanol–water partition coefficient (Wildman–Crippen LogP) is 4.48. The number of methoxy groups -OCH3 is 1. The SMILES string of the molecule is COC(=O)NC(c1ccc2c(c1)OCO2)C(C(=O)c1ccccc1)c1ccccc1. The van der Waals surface area contributed by atoms with Crippen molar-refractivity contribution in [3.05, 3.63) is 95.6 Å². The topological polar surface area (TPSA) is 73.9 Å². The number of Topliss-reactive ketones (excluding diaryl/α,β-unsaturated/α-hetero) is 1. The average molecular weight is 403 g/mol. The van der Waals surface area contributed by atoms with Crippen molar-refractivity contribution in [1.82, 2.24) is 5.32 Å². The molecule has 0 aliphatic carbocycles. The summed E-state index contributed by atoms with van der Waals surface area (Å²) in [5.41, 5.74) is 2.05. The van der Waals surface area contributed by atoms with Gasteiger partial charge < -0.3 is 19.5 Å². The Labute approximate surface area is 174 Å². The van der Waals surface area contributed by atoms with E-state index in [0.717, 1.165) is 5.56 Å². The Kier molecular flexibility index (Phi) is 5.66. The highest BCUT2D eigenvalue weighted by molar-refractivity contribution is 6.01. The number of hydrogen-bond acceptors (Lipinski definition) is 5. The highest BCUT2D eigenvalue weighted by Gasteiger charge is 2.34. The Hall–Kier alpha value is -3.80. The van der Waals surface area contributed by atoms with E-state index >= 15 is 0 Å². The molecule has 2 atom stereocenters. The van der Waals surface area contributed by atoms with Gasteiger partial charge in [0.25, 0.3) is 0 Å². The summed E-state index contributed by atoms with van der Waals surface area (Å²) >= 11 is 0. The van der Waals surface area contributed by atoms with E-state index in [1.807, 2.05) is 54.6 Å². The first kappa shape index (κ1) is 19.5. The highest BCUT2D eigenvalue weighted by Crippen LogP contribution is 2.39. The second-order valence-electron chi connectivity index (χ2n) is 6.84. The average Bonchev–Trinajstić information content (AvgIpc) is 3.27. The van der Waals surface area contributed by atoms with E-state index in [-0.39, 0.29) is 12.6 Å². The molecular weight excluding hydrogens is 382 g/mol. The van der Waals surface area contributed by atoms with Crippen LogP contribution in [0.15, 0.2) is 78.9 Å². The number of amides is 1. The maximum atomic E-state index is 13.6. The summed E-state index contributed by atoms with van der Waals surface area (Å²) in [7, 11) is 1.29. The van der Waals surface area contributed by atoms with E-state index in [4.69, 9.17) is 14.2 Å². The number of ketones is 1. The first-order valence-electron chi connectivity index (χ1n) is 9.55. The summed E-state index contributed by atoms with van der Waals surface area (Å²) in [6.07, 6.45) is -0.626. The number of carbonyl (C=O) groups excluding carboxylic acids is 2. The van der Waals surface area contributed by atoms with Crippen molar-refractivity contribution in [3.63, 3.8) is 0 Å². The molecule has 1 aliphatic heterocycles. The lowest BCUT2D eigenvalue weighted by Crippen LogP contribution is -2.35. The van der Waals surface area contributed by atoms with Gasteiger partial charge in [-0.15, -0.1) is 0 Å². The maximum Gasteiger partial charge on any atom is 0.407 e. The van der Waals surface area contributed by atoms with Gasteiger partial charge in [-0.25, -0.2) is 4.79 Å². The molecule has 6 nitrogen and oxygen atoms in total. The third-order valence-electron chi connectivity index (χ3n) is 5.05. The van der Waals surface area contributed by atoms with E-state index in [9.17, 15) is 9.59 Å². The van der Waals surface area contributed by atoms with Crippen molar-refractivity contribution < 1.29 is 23.8 Å². The number of hydrogen-bond donors (Lipinski definition) is 1. The minimum atomic E-state index is -0.679. The quantitative estimate of drug-likeness (QED) is 0.615. The number of nitrogens with one attached hydrogen (secondary N) is 1. The number of carbonyl (C=O) groups is 2. The molecule has 1 heterocycles. The minimum absolute atomic E-state index is 0.110. The summed E-state index contributed by atoms with van der Waals surface area (Å²) in [6, 6.07) is 23.1. The molecule has 0 bridgehead atoms. The molecule has 1 N–H and O–H groups in total. The zero-order valence-electron chi connectivity index (χ0n) is 16.4. The van der Waals surface area contributed by atoms with Gasteiger partial charge in [0.2, 0.25) is 6.79 Å². The molecule has 1 aliphatic rings. The molecule has 30 heavy (non-hydrogen) atoms. The largest absolute Gasteiger partial charge is 0.454 e. The molecule has 152 valence electrons. The molecule has 2 unspecified atom stereocenters. The second kappa shape index (κ2) is 8.69. The fourth-order valence-corrected chi connectivity index (χ4v) is 3.59. The molecule has 0 saturated heterocycles. The van der Waals surface area contributed by atoms with Crippen LogP contribution < -0.4 is 14.8 Å². The third-order valence-corrected chi connectivity index (χ3v) is 5.05. The molecule has 0 aromatic heterocycles. The molecule has 6 heteroatoms. The third kappa shape index (κ3) is 3.98. The van der Waals surface area contributed by atoms with Crippen LogP contribution in [-0.2, 0) is 4.74 Å². The van der Waals surface area contributed by atoms with Crippen molar-refractivity contribution in [1.29, 1.82) is 0 Å². The Balaban J connectivity index is 1.82. The van der Waals surface area contributed by atoms with E-state index in [1.54, 1.807) is 24.3 Å². The van der Waals surface area contributed by atoms with Gasteiger partial charge in [0.05, 0.1) is 19.1 Å². The fourth-order valence-electron chi connectivity index (χ4n) is 3.59. The standard InChI is InChI=1S/C24H21NO5/c1-28-24(27)25-22(18-12-13-19-20(14-18)30-15-29-19)21(16-8-4-2-5-9-16)23(26)17-10-6-3-7-11-17/h2-14,21-22H,15H2,1H3,(H,25,27). The van der Waals surface area contributed by atoms with Crippen LogP contribution >= 0.6 is 0 Å². The normalized spacial score (nSPS) is 13.9. The summed E-state index contributed by atoms with van der Waals surface area (Å²) < 4.78 is 15.7. The first-order valence-corrected chi connectivity index (χ1v) is 9.55. The lowest BCUT2D eigenvalue weighted by atomic mass is 9.81. The van der Waals surface area contributed by atoms with Gasteiger partial charge >= 0.3 is 6.09 Å². The number of benzene rings is 3. The van der Waals surface area contributed by atoms with Gasteiger partial charge in [0.15, 0.2) is 17.3 Å². The lowest BCUT2D eigenvalue weighted by molar-refractivity contribution is 0.0936. The number of rotatable bonds is 6. The van der Waals surface area contributed by atoms with E-state index in [0.29, 0.717) is 22.6 Å². The summed E-state index contributed by atoms with van der Waals surface area (Å²) in [5, 5.41) is 2.85. The summed E-state index contributed by atoms with van der Waals surface area (Å²) in [6.45, 7) is 0.138. The maximum absolute atomic E-state index is 13.6. The zero-order chi connectivity index (χ0) is 20.9. The monoisotopic (exact) mass is 403 g/mol. The Morgan fingerprint density at radius 3 is 2.23 bits per heavy atom. The van der Waals surface area contributed by atoms with Crippen molar-refractivity contribution in [3.8, 4) is 11.5 Å². The van der Waals surface area contributed by atoms with Crippen LogP contribution in [0.5, 0.6) is 11.5 Å². The van der Waals surface area contributed by atoms with E-state index in [1.165, 1.54) is 7.11 Å². The van der Waals surface area contributed by atoms with Crippen molar-refractivity contribution >= 4 is 11.9 Å². The molecule has 3 aromatic rings. The van der Waals surface area contributed by atoms with Crippen LogP contribution in [0.1, 0.15) is 33.4 Å². The lowest BCUT2D eigenvalue weighted by Gasteiger charge is -2.28. The van der Waals surface area contributed by atoms with Crippen LogP contribution in [-0.4, -0.2) is 25.8 Å². The van der Waals surface area contributed by atoms with Crippen molar-refractivity contribution in [2.75, 3.05) is 13.9 Å². The highest BCUT2D eigenvalue weighted by atomic mass is 16.7. The molecule has 4 rings (SSSR count). The van der Waals surface area contributed by atoms with Crippen LogP contribution in [0, 0.1) is 0 Å². The summed E-state index contributed by atoms with van der Waals surface area (Å²) in [4.78, 5) is 25.8. The Morgan fingerprint density at radius 2 is 1.53 bits per heavy atom. The predicted molar refractivity (Wildman–Crippen MR) is 111 cm³/mol. The Bertz CT molecular complexity index is 1040. The molecule has 0 fully saturated rings. The Morgan fingerprint density at radius 1 is 0.867 bits per heavy atom. The van der Waals surface area contributed by atoms with Crippen LogP contribution in [0.4, 0.5) is 4.79 Å². The van der Waals surface area contributed by atoms with Gasteiger partial charge in [-0.1, -0.05) is 66.7 Å². The number of alkyl carbamates (subject to hydrolysis) is 1. The number of ether oxygens (including phenoxy) is 3. The van der Waals surface area contributed by atoms with Crippen LogP contribution in [0.2, 0.25) is 0 Å². The smallest absolute Gasteiger partial charge is 0.407 e. The summed E-state index contributed by atoms with van der Waals surface area (Å²) in [5.74, 6) is 0.415. The molecular formula is C24H21NO5.